The zero-order valence-corrected chi connectivity index (χ0v) is 18.0. The number of nitrogens with zero attached hydrogens (tertiary/aromatic N) is 2. The zero-order valence-electron chi connectivity index (χ0n) is 18.0. The molecule has 8 heteroatoms. The van der Waals surface area contributed by atoms with Crippen LogP contribution in [0.5, 0.6) is 0 Å². The van der Waals surface area contributed by atoms with Crippen molar-refractivity contribution in [2.75, 3.05) is 0 Å². The number of carboxylic acids is 1. The Hall–Kier alpha value is -3.94. The fraction of sp³-hybridized carbons (Fsp3) is 0.250. The second kappa shape index (κ2) is 8.30. The molecule has 0 aliphatic heterocycles. The molecule has 164 valence electrons. The Morgan fingerprint density at radius 3 is 2.59 bits per heavy atom. The number of carboxylic acid groups (broad SMARTS) is 1. The minimum absolute atomic E-state index is 0.0704. The second-order valence-electron chi connectivity index (χ2n) is 8.45. The molecular weight excluding hydrogens is 410 g/mol. The highest BCUT2D eigenvalue weighted by molar-refractivity contribution is 5.83. The van der Waals surface area contributed by atoms with E-state index in [1.165, 1.54) is 0 Å². The predicted molar refractivity (Wildman–Crippen MR) is 119 cm³/mol. The number of ether oxygens (including phenoxy) is 1. The van der Waals surface area contributed by atoms with Crippen molar-refractivity contribution in [2.24, 2.45) is 0 Å². The van der Waals surface area contributed by atoms with Crippen LogP contribution in [0.15, 0.2) is 59.0 Å². The minimum Gasteiger partial charge on any atom is -0.480 e. The first-order valence-electron chi connectivity index (χ1n) is 10.2. The number of carbonyl (C=O) groups excluding carboxylic acids is 1. The molecule has 0 bridgehead atoms. The van der Waals surface area contributed by atoms with Crippen LogP contribution in [-0.4, -0.2) is 38.8 Å². The molecule has 4 rings (SSSR count). The van der Waals surface area contributed by atoms with E-state index in [9.17, 15) is 14.7 Å². The van der Waals surface area contributed by atoms with Crippen LogP contribution < -0.4 is 5.32 Å². The summed E-state index contributed by atoms with van der Waals surface area (Å²) in [5.41, 5.74) is 2.55. The summed E-state index contributed by atoms with van der Waals surface area (Å²) in [5.74, 6) is -0.776. The summed E-state index contributed by atoms with van der Waals surface area (Å²) in [6.45, 7) is 5.13. The van der Waals surface area contributed by atoms with Crippen molar-refractivity contribution in [3.63, 3.8) is 0 Å². The van der Waals surface area contributed by atoms with E-state index < -0.39 is 23.7 Å². The summed E-state index contributed by atoms with van der Waals surface area (Å²) in [5, 5.41) is 12.9. The summed E-state index contributed by atoms with van der Waals surface area (Å²) >= 11 is 0. The maximum atomic E-state index is 12.0. The monoisotopic (exact) mass is 433 g/mol. The van der Waals surface area contributed by atoms with Gasteiger partial charge in [-0.15, -0.1) is 0 Å². The molecule has 2 heterocycles. The van der Waals surface area contributed by atoms with Crippen LogP contribution in [0.3, 0.4) is 0 Å². The number of para-hydroxylation sites is 1. The Balaban J connectivity index is 1.56. The van der Waals surface area contributed by atoms with Gasteiger partial charge in [0.1, 0.15) is 22.9 Å². The number of nitrogens with one attached hydrogen (secondary N) is 1. The molecule has 1 atom stereocenters. The SMILES string of the molecule is CC(C)(C)OC(=O)NC(Cc1ccc2oc(-c3ccc4ccccc4n3)nc2c1)C(=O)O. The normalized spacial score (nSPS) is 12.6. The molecule has 1 amide bonds. The Morgan fingerprint density at radius 2 is 1.84 bits per heavy atom. The van der Waals surface area contributed by atoms with Crippen LogP contribution in [0.1, 0.15) is 26.3 Å². The highest BCUT2D eigenvalue weighted by Crippen LogP contribution is 2.26. The van der Waals surface area contributed by atoms with Gasteiger partial charge in [0.15, 0.2) is 5.58 Å². The number of fused-ring (bicyclic) bond motifs is 2. The van der Waals surface area contributed by atoms with Crippen molar-refractivity contribution in [1.82, 2.24) is 15.3 Å². The van der Waals surface area contributed by atoms with Crippen LogP contribution in [-0.2, 0) is 16.0 Å². The lowest BCUT2D eigenvalue weighted by molar-refractivity contribution is -0.139. The van der Waals surface area contributed by atoms with Crippen molar-refractivity contribution in [3.8, 4) is 11.6 Å². The number of hydrogen-bond acceptors (Lipinski definition) is 6. The topological polar surface area (TPSA) is 115 Å². The number of carbonyl (C=O) groups is 2. The second-order valence-corrected chi connectivity index (χ2v) is 8.45. The molecule has 2 aromatic heterocycles. The van der Waals surface area contributed by atoms with Gasteiger partial charge in [-0.05, 0) is 50.6 Å². The van der Waals surface area contributed by atoms with E-state index in [0.29, 0.717) is 28.2 Å². The molecule has 0 aliphatic rings. The number of oxazole rings is 1. The summed E-state index contributed by atoms with van der Waals surface area (Å²) in [6.07, 6.45) is -0.710. The molecule has 0 fully saturated rings. The zero-order chi connectivity index (χ0) is 22.9. The molecule has 0 saturated heterocycles. The number of amides is 1. The third-order valence-electron chi connectivity index (χ3n) is 4.70. The van der Waals surface area contributed by atoms with Crippen LogP contribution in [0, 0.1) is 0 Å². The molecule has 0 spiro atoms. The lowest BCUT2D eigenvalue weighted by atomic mass is 10.1. The van der Waals surface area contributed by atoms with E-state index >= 15 is 0 Å². The highest BCUT2D eigenvalue weighted by atomic mass is 16.6. The van der Waals surface area contributed by atoms with Crippen LogP contribution in [0.4, 0.5) is 4.79 Å². The van der Waals surface area contributed by atoms with E-state index in [1.54, 1.807) is 39.0 Å². The van der Waals surface area contributed by atoms with Crippen LogP contribution in [0.25, 0.3) is 33.6 Å². The Kier molecular flexibility index (Phi) is 5.52. The molecule has 4 aromatic rings. The van der Waals surface area contributed by atoms with E-state index in [0.717, 1.165) is 10.9 Å². The standard InChI is InChI=1S/C24H23N3O5/c1-24(2,3)32-23(30)27-19(22(28)29)13-14-8-11-20-18(12-14)26-21(31-20)17-10-9-15-6-4-5-7-16(15)25-17/h4-12,19H,13H2,1-3H3,(H,27,30)(H,28,29). The van der Waals surface area contributed by atoms with Gasteiger partial charge in [-0.2, -0.15) is 0 Å². The molecule has 8 nitrogen and oxygen atoms in total. The van der Waals surface area contributed by atoms with Crippen molar-refractivity contribution < 1.29 is 23.8 Å². The van der Waals surface area contributed by atoms with E-state index in [1.807, 2.05) is 36.4 Å². The van der Waals surface area contributed by atoms with Gasteiger partial charge in [-0.3, -0.25) is 0 Å². The molecule has 0 aliphatic carbocycles. The first-order chi connectivity index (χ1) is 15.2. The number of rotatable bonds is 5. The maximum absolute atomic E-state index is 12.0. The largest absolute Gasteiger partial charge is 0.480 e. The van der Waals surface area contributed by atoms with Gasteiger partial charge in [0.2, 0.25) is 5.89 Å². The number of alkyl carbamates (subject to hydrolysis) is 1. The molecule has 32 heavy (non-hydrogen) atoms. The minimum atomic E-state index is -1.16. The van der Waals surface area contributed by atoms with Gasteiger partial charge >= 0.3 is 12.1 Å². The fourth-order valence-corrected chi connectivity index (χ4v) is 3.28. The summed E-state index contributed by atoms with van der Waals surface area (Å²) < 4.78 is 11.0. The van der Waals surface area contributed by atoms with Gasteiger partial charge in [0.25, 0.3) is 0 Å². The summed E-state index contributed by atoms with van der Waals surface area (Å²) in [7, 11) is 0. The molecule has 1 unspecified atom stereocenters. The van der Waals surface area contributed by atoms with E-state index in [4.69, 9.17) is 9.15 Å². The quantitative estimate of drug-likeness (QED) is 0.474. The highest BCUT2D eigenvalue weighted by Gasteiger charge is 2.24. The van der Waals surface area contributed by atoms with Gasteiger partial charge < -0.3 is 19.6 Å². The van der Waals surface area contributed by atoms with Gasteiger partial charge in [-0.25, -0.2) is 19.6 Å². The number of aromatic nitrogens is 2. The Morgan fingerprint density at radius 1 is 1.06 bits per heavy atom. The smallest absolute Gasteiger partial charge is 0.408 e. The third-order valence-corrected chi connectivity index (χ3v) is 4.70. The first-order valence-corrected chi connectivity index (χ1v) is 10.2. The van der Waals surface area contributed by atoms with Gasteiger partial charge in [0, 0.05) is 11.8 Å². The van der Waals surface area contributed by atoms with Crippen molar-refractivity contribution in [3.05, 3.63) is 60.2 Å². The molecule has 2 N–H and O–H groups in total. The predicted octanol–water partition coefficient (Wildman–Crippen LogP) is 4.56. The van der Waals surface area contributed by atoms with Crippen LogP contribution in [0.2, 0.25) is 0 Å². The molecular formula is C24H23N3O5. The van der Waals surface area contributed by atoms with Crippen molar-refractivity contribution in [2.45, 2.75) is 38.8 Å². The lowest BCUT2D eigenvalue weighted by Crippen LogP contribution is -2.44. The number of hydrogen-bond donors (Lipinski definition) is 2. The molecule has 0 radical (unpaired) electrons. The van der Waals surface area contributed by atoms with Gasteiger partial charge in [-0.1, -0.05) is 30.3 Å². The fourth-order valence-electron chi connectivity index (χ4n) is 3.28. The average Bonchev–Trinajstić information content (AvgIpc) is 3.15. The van der Waals surface area contributed by atoms with Crippen LogP contribution >= 0.6 is 0 Å². The number of benzene rings is 2. The first kappa shape index (κ1) is 21.3. The maximum Gasteiger partial charge on any atom is 0.408 e. The summed E-state index contributed by atoms with van der Waals surface area (Å²) in [6, 6.07) is 15.7. The third kappa shape index (κ3) is 4.85. The number of aliphatic carboxylic acids is 1. The Bertz CT molecular complexity index is 1310. The average molecular weight is 433 g/mol. The van der Waals surface area contributed by atoms with Gasteiger partial charge in [0.05, 0.1) is 5.52 Å². The Labute approximate surface area is 184 Å². The number of pyridine rings is 1. The van der Waals surface area contributed by atoms with E-state index in [2.05, 4.69) is 15.3 Å². The van der Waals surface area contributed by atoms with Crippen molar-refractivity contribution in [1.29, 1.82) is 0 Å². The molecule has 2 aromatic carbocycles. The van der Waals surface area contributed by atoms with Crippen molar-refractivity contribution >= 4 is 34.1 Å². The summed E-state index contributed by atoms with van der Waals surface area (Å²) in [4.78, 5) is 32.8. The van der Waals surface area contributed by atoms with E-state index in [-0.39, 0.29) is 6.42 Å². The molecule has 0 saturated carbocycles. The lowest BCUT2D eigenvalue weighted by Gasteiger charge is -2.22.